The average molecular weight is 612 g/mol. The van der Waals surface area contributed by atoms with Gasteiger partial charge in [-0.2, -0.15) is 0 Å². The third-order valence-electron chi connectivity index (χ3n) is 8.65. The first-order valence-corrected chi connectivity index (χ1v) is 15.1. The normalized spacial score (nSPS) is 32.0. The van der Waals surface area contributed by atoms with Gasteiger partial charge in [0.1, 0.15) is 11.9 Å². The van der Waals surface area contributed by atoms with Crippen molar-refractivity contribution in [1.82, 2.24) is 0 Å². The number of hydrogen-bond donors (Lipinski definition) is 3. The van der Waals surface area contributed by atoms with Crippen molar-refractivity contribution in [2.24, 2.45) is 22.6 Å². The molecule has 11 nitrogen and oxygen atoms in total. The molecule has 0 radical (unpaired) electrons. The molecule has 4 aliphatic heterocycles. The molecule has 1 saturated heterocycles. The van der Waals surface area contributed by atoms with E-state index >= 15 is 0 Å². The SMILES string of the molecule is C=c1c2c(N3CCCC3)c(O)cc1=NC(=O)/C(C)=C/C=C\C(OC)C(OC(N)=O)C1=CC(C)C(OC1O)C(OC)CC(C)C2. The second-order valence-corrected chi connectivity index (χ2v) is 11.9. The quantitative estimate of drug-likeness (QED) is 0.436. The van der Waals surface area contributed by atoms with Crippen molar-refractivity contribution in [2.75, 3.05) is 32.2 Å². The Morgan fingerprint density at radius 1 is 1.20 bits per heavy atom. The molecule has 1 aromatic rings. The van der Waals surface area contributed by atoms with E-state index in [1.54, 1.807) is 32.3 Å². The Kier molecular flexibility index (Phi) is 11.0. The van der Waals surface area contributed by atoms with Crippen LogP contribution in [0, 0.1) is 11.8 Å². The summed E-state index contributed by atoms with van der Waals surface area (Å²) in [6.45, 7) is 11.6. The number of ether oxygens (including phenoxy) is 4. The first kappa shape index (κ1) is 33.4. The fourth-order valence-corrected chi connectivity index (χ4v) is 6.37. The Morgan fingerprint density at radius 2 is 1.91 bits per heavy atom. The van der Waals surface area contributed by atoms with E-state index in [0.29, 0.717) is 34.6 Å². The summed E-state index contributed by atoms with van der Waals surface area (Å²) in [6, 6.07) is 1.51. The first-order chi connectivity index (χ1) is 20.9. The molecule has 0 aliphatic carbocycles. The van der Waals surface area contributed by atoms with Gasteiger partial charge in [-0.3, -0.25) is 4.79 Å². The maximum Gasteiger partial charge on any atom is 0.405 e. The number of nitrogens with zero attached hydrogens (tertiary/aromatic N) is 2. The van der Waals surface area contributed by atoms with Crippen molar-refractivity contribution < 1.29 is 38.7 Å². The molecule has 7 unspecified atom stereocenters. The summed E-state index contributed by atoms with van der Waals surface area (Å²) >= 11 is 0. The molecule has 4 heterocycles. The van der Waals surface area contributed by atoms with Gasteiger partial charge in [-0.1, -0.05) is 44.7 Å². The van der Waals surface area contributed by atoms with Gasteiger partial charge >= 0.3 is 6.09 Å². The minimum atomic E-state index is -1.42. The Morgan fingerprint density at radius 3 is 2.55 bits per heavy atom. The predicted molar refractivity (Wildman–Crippen MR) is 165 cm³/mol. The zero-order valence-electron chi connectivity index (χ0n) is 26.2. The van der Waals surface area contributed by atoms with Gasteiger partial charge < -0.3 is 39.8 Å². The number of allylic oxidation sites excluding steroid dienone is 2. The molecular formula is C33H45N3O8. The minimum Gasteiger partial charge on any atom is -0.506 e. The number of aliphatic hydroxyl groups excluding tert-OH is 1. The lowest BCUT2D eigenvalue weighted by atomic mass is 9.85. The van der Waals surface area contributed by atoms with Gasteiger partial charge in [0.15, 0.2) is 12.4 Å². The van der Waals surface area contributed by atoms with Gasteiger partial charge in [-0.05, 0) is 49.3 Å². The third kappa shape index (κ3) is 7.40. The molecular weight excluding hydrogens is 566 g/mol. The number of phenolic OH excluding ortho intramolecular Hbond substituents is 1. The summed E-state index contributed by atoms with van der Waals surface area (Å²) in [5, 5.41) is 23.3. The van der Waals surface area contributed by atoms with Crippen molar-refractivity contribution in [2.45, 2.75) is 77.2 Å². The van der Waals surface area contributed by atoms with Crippen LogP contribution in [-0.4, -0.2) is 80.2 Å². The van der Waals surface area contributed by atoms with Crippen LogP contribution >= 0.6 is 0 Å². The molecule has 5 rings (SSSR count). The Labute approximate surface area is 258 Å². The van der Waals surface area contributed by atoms with Crippen LogP contribution in [0.15, 0.2) is 46.5 Å². The molecule has 0 spiro atoms. The fraction of sp³-hybridized carbons (Fsp3) is 0.545. The number of benzene rings is 1. The van der Waals surface area contributed by atoms with Crippen LogP contribution in [0.2, 0.25) is 0 Å². The van der Waals surface area contributed by atoms with Crippen LogP contribution < -0.4 is 21.2 Å². The maximum absolute atomic E-state index is 13.2. The van der Waals surface area contributed by atoms with E-state index in [-0.39, 0.29) is 17.6 Å². The number of aromatic hydroxyl groups is 1. The summed E-state index contributed by atoms with van der Waals surface area (Å²) in [5.74, 6) is -0.635. The number of hydrogen-bond acceptors (Lipinski definition) is 9. The standard InChI is InChI=1S/C33H45N3O8/c1-18-14-22-21(4)24(17-25(37)28(22)36-12-7-8-13-36)35-31(38)19(2)10-9-11-26(41-5)30(44-33(34)40)23-16-20(3)29(43-32(23)39)27(15-18)42-6/h9-11,16-18,20,26-27,29-30,32,37,39H,4,7-8,12-15H2,1-3,5-6H3,(H2,34,40)/b11-9-,19-10+,35-24?. The van der Waals surface area contributed by atoms with E-state index in [1.807, 2.05) is 13.0 Å². The van der Waals surface area contributed by atoms with Gasteiger partial charge in [0, 0.05) is 50.4 Å². The van der Waals surface area contributed by atoms with Crippen LogP contribution in [0.1, 0.15) is 45.6 Å². The highest BCUT2D eigenvalue weighted by Gasteiger charge is 2.40. The second kappa shape index (κ2) is 14.5. The van der Waals surface area contributed by atoms with E-state index in [2.05, 4.69) is 23.4 Å². The second-order valence-electron chi connectivity index (χ2n) is 11.9. The first-order valence-electron chi connectivity index (χ1n) is 15.1. The number of nitrogens with two attached hydrogens (primary N) is 1. The van der Waals surface area contributed by atoms with Crippen molar-refractivity contribution >= 4 is 24.3 Å². The van der Waals surface area contributed by atoms with Gasteiger partial charge in [0.2, 0.25) is 0 Å². The summed E-state index contributed by atoms with van der Waals surface area (Å²) in [4.78, 5) is 31.6. The molecule has 7 atom stereocenters. The molecule has 240 valence electrons. The minimum absolute atomic E-state index is 0.0298. The Hall–Kier alpha value is -3.51. The lowest BCUT2D eigenvalue weighted by Crippen LogP contribution is -2.47. The summed E-state index contributed by atoms with van der Waals surface area (Å²) in [7, 11) is 3.03. The number of anilines is 1. The van der Waals surface area contributed by atoms with Crippen LogP contribution in [0.3, 0.4) is 0 Å². The van der Waals surface area contributed by atoms with Crippen molar-refractivity contribution in [1.29, 1.82) is 0 Å². The van der Waals surface area contributed by atoms with E-state index in [1.165, 1.54) is 13.2 Å². The van der Waals surface area contributed by atoms with Gasteiger partial charge in [-0.15, -0.1) is 0 Å². The number of amides is 2. The number of primary amides is 1. The molecule has 0 aromatic heterocycles. The Bertz CT molecular complexity index is 1430. The lowest BCUT2D eigenvalue weighted by molar-refractivity contribution is -0.182. The van der Waals surface area contributed by atoms with E-state index in [4.69, 9.17) is 24.7 Å². The number of methoxy groups -OCH3 is 2. The molecule has 11 heteroatoms. The van der Waals surface area contributed by atoms with E-state index < -0.39 is 42.7 Å². The smallest absolute Gasteiger partial charge is 0.405 e. The summed E-state index contributed by atoms with van der Waals surface area (Å²) in [5.41, 5.74) is 7.58. The van der Waals surface area contributed by atoms with Crippen molar-refractivity contribution in [3.63, 3.8) is 0 Å². The zero-order valence-corrected chi connectivity index (χ0v) is 26.2. The number of rotatable bonds is 4. The topological polar surface area (TPSA) is 153 Å². The molecule has 0 saturated carbocycles. The molecule has 44 heavy (non-hydrogen) atoms. The fourth-order valence-electron chi connectivity index (χ4n) is 6.37. The van der Waals surface area contributed by atoms with E-state index in [9.17, 15) is 19.8 Å². The van der Waals surface area contributed by atoms with E-state index in [0.717, 1.165) is 37.2 Å². The van der Waals surface area contributed by atoms with Gasteiger partial charge in [-0.25, -0.2) is 9.79 Å². The van der Waals surface area contributed by atoms with Crippen LogP contribution in [0.5, 0.6) is 5.75 Å². The van der Waals surface area contributed by atoms with Crippen molar-refractivity contribution in [3.05, 3.63) is 57.7 Å². The lowest BCUT2D eigenvalue weighted by Gasteiger charge is -2.39. The number of carbonyl (C=O) groups excluding carboxylic acids is 2. The third-order valence-corrected chi connectivity index (χ3v) is 8.65. The molecule has 1 aromatic carbocycles. The molecule has 4 aliphatic rings. The predicted octanol–water partition coefficient (Wildman–Crippen LogP) is 2.41. The molecule has 2 amide bonds. The monoisotopic (exact) mass is 611 g/mol. The highest BCUT2D eigenvalue weighted by atomic mass is 16.6. The molecule has 1 fully saturated rings. The Balaban J connectivity index is 1.86. The van der Waals surface area contributed by atoms with Crippen LogP contribution in [0.4, 0.5) is 10.5 Å². The molecule has 4 N–H and O–H groups in total. The summed E-state index contributed by atoms with van der Waals surface area (Å²) < 4.78 is 23.0. The van der Waals surface area contributed by atoms with Crippen molar-refractivity contribution in [3.8, 4) is 5.75 Å². The maximum atomic E-state index is 13.2. The van der Waals surface area contributed by atoms with Crippen LogP contribution in [0.25, 0.3) is 6.58 Å². The average Bonchev–Trinajstić information content (AvgIpc) is 3.50. The van der Waals surface area contributed by atoms with Crippen LogP contribution in [-0.2, 0) is 30.2 Å². The number of aliphatic hydroxyl groups is 1. The number of carbonyl (C=O) groups is 2. The van der Waals surface area contributed by atoms with Gasteiger partial charge in [0.25, 0.3) is 5.91 Å². The molecule has 4 bridgehead atoms. The zero-order chi connectivity index (χ0) is 32.1. The number of phenols is 1. The number of fused-ring (bicyclic) bond motifs is 10. The highest BCUT2D eigenvalue weighted by molar-refractivity contribution is 5.93. The highest BCUT2D eigenvalue weighted by Crippen LogP contribution is 2.35. The van der Waals surface area contributed by atoms with Gasteiger partial charge in [0.05, 0.1) is 23.3 Å². The largest absolute Gasteiger partial charge is 0.506 e. The summed E-state index contributed by atoms with van der Waals surface area (Å²) in [6.07, 6.45) is 4.37.